The molecule has 0 N–H and O–H groups in total. The monoisotopic (exact) mass is 339 g/mol. The standard InChI is InChI=1S/C19H18FN3O2/c20-16-3-1-2-4-17(16)25-15-7-10-22(11-8-15)19(24)14-5-6-18-21-9-12-23(18)13-14/h1-6,9,12-13,15H,7-8,10-11H2. The van der Waals surface area contributed by atoms with E-state index in [1.54, 1.807) is 36.7 Å². The maximum Gasteiger partial charge on any atom is 0.255 e. The van der Waals surface area contributed by atoms with Gasteiger partial charge >= 0.3 is 0 Å². The molecule has 25 heavy (non-hydrogen) atoms. The summed E-state index contributed by atoms with van der Waals surface area (Å²) in [5.41, 5.74) is 1.45. The van der Waals surface area contributed by atoms with Gasteiger partial charge in [0.2, 0.25) is 0 Å². The number of fused-ring (bicyclic) bond motifs is 1. The van der Waals surface area contributed by atoms with E-state index in [9.17, 15) is 9.18 Å². The van der Waals surface area contributed by atoms with Gasteiger partial charge in [-0.3, -0.25) is 4.79 Å². The second kappa shape index (κ2) is 6.55. The van der Waals surface area contributed by atoms with Gasteiger partial charge in [0.05, 0.1) is 5.56 Å². The molecule has 0 bridgehead atoms. The van der Waals surface area contributed by atoms with Crippen LogP contribution >= 0.6 is 0 Å². The van der Waals surface area contributed by atoms with Crippen molar-refractivity contribution >= 4 is 11.6 Å². The second-order valence-electron chi connectivity index (χ2n) is 6.15. The largest absolute Gasteiger partial charge is 0.487 e. The van der Waals surface area contributed by atoms with Crippen LogP contribution in [0.25, 0.3) is 5.65 Å². The SMILES string of the molecule is O=C(c1ccc2nccn2c1)N1CCC(Oc2ccccc2F)CC1. The molecular weight excluding hydrogens is 321 g/mol. The Kier molecular flexibility index (Phi) is 4.09. The lowest BCUT2D eigenvalue weighted by Crippen LogP contribution is -2.41. The Balaban J connectivity index is 1.39. The first kappa shape index (κ1) is 15.6. The molecule has 1 aromatic carbocycles. The molecule has 1 amide bonds. The zero-order chi connectivity index (χ0) is 17.2. The number of carbonyl (C=O) groups excluding carboxylic acids is 1. The summed E-state index contributed by atoms with van der Waals surface area (Å²) in [6, 6.07) is 10.0. The first-order valence-corrected chi connectivity index (χ1v) is 8.34. The zero-order valence-electron chi connectivity index (χ0n) is 13.6. The van der Waals surface area contributed by atoms with Crippen molar-refractivity contribution in [3.8, 4) is 5.75 Å². The topological polar surface area (TPSA) is 46.8 Å². The number of halogens is 1. The van der Waals surface area contributed by atoms with Crippen molar-refractivity contribution in [2.24, 2.45) is 0 Å². The second-order valence-corrected chi connectivity index (χ2v) is 6.15. The van der Waals surface area contributed by atoms with Crippen molar-refractivity contribution in [2.45, 2.75) is 18.9 Å². The minimum Gasteiger partial charge on any atom is -0.487 e. The average molecular weight is 339 g/mol. The summed E-state index contributed by atoms with van der Waals surface area (Å²) in [7, 11) is 0. The highest BCUT2D eigenvalue weighted by Gasteiger charge is 2.25. The lowest BCUT2D eigenvalue weighted by molar-refractivity contribution is 0.0588. The van der Waals surface area contributed by atoms with Gasteiger partial charge in [0, 0.05) is 44.5 Å². The van der Waals surface area contributed by atoms with E-state index in [2.05, 4.69) is 4.98 Å². The molecule has 1 aliphatic heterocycles. The Morgan fingerprint density at radius 2 is 1.96 bits per heavy atom. The van der Waals surface area contributed by atoms with Crippen molar-refractivity contribution in [1.82, 2.24) is 14.3 Å². The van der Waals surface area contributed by atoms with Crippen LogP contribution in [-0.4, -0.2) is 39.4 Å². The highest BCUT2D eigenvalue weighted by atomic mass is 19.1. The Labute approximate surface area is 144 Å². The predicted octanol–water partition coefficient (Wildman–Crippen LogP) is 3.16. The molecule has 3 aromatic rings. The number of rotatable bonds is 3. The fourth-order valence-electron chi connectivity index (χ4n) is 3.13. The van der Waals surface area contributed by atoms with E-state index < -0.39 is 0 Å². The normalized spacial score (nSPS) is 15.5. The zero-order valence-corrected chi connectivity index (χ0v) is 13.6. The van der Waals surface area contributed by atoms with Crippen LogP contribution in [0.3, 0.4) is 0 Å². The molecule has 2 aromatic heterocycles. The Hall–Kier alpha value is -2.89. The van der Waals surface area contributed by atoms with Gasteiger partial charge in [-0.2, -0.15) is 0 Å². The van der Waals surface area contributed by atoms with Crippen LogP contribution < -0.4 is 4.74 Å². The molecule has 6 heteroatoms. The Bertz CT molecular complexity index is 900. The molecule has 0 atom stereocenters. The van der Waals surface area contributed by atoms with E-state index in [4.69, 9.17) is 4.74 Å². The van der Waals surface area contributed by atoms with Gasteiger partial charge in [-0.25, -0.2) is 9.37 Å². The maximum absolute atomic E-state index is 13.7. The molecule has 0 radical (unpaired) electrons. The minimum absolute atomic E-state index is 0.0000540. The molecule has 1 saturated heterocycles. The van der Waals surface area contributed by atoms with Crippen molar-refractivity contribution in [3.63, 3.8) is 0 Å². The van der Waals surface area contributed by atoms with Crippen LogP contribution in [0.5, 0.6) is 5.75 Å². The fourth-order valence-corrected chi connectivity index (χ4v) is 3.13. The van der Waals surface area contributed by atoms with Crippen LogP contribution in [0, 0.1) is 5.82 Å². The average Bonchev–Trinajstić information content (AvgIpc) is 3.11. The molecule has 0 saturated carbocycles. The summed E-state index contributed by atoms with van der Waals surface area (Å²) in [6.45, 7) is 1.19. The summed E-state index contributed by atoms with van der Waals surface area (Å²) < 4.78 is 21.3. The summed E-state index contributed by atoms with van der Waals surface area (Å²) >= 11 is 0. The molecule has 0 spiro atoms. The number of likely N-dealkylation sites (tertiary alicyclic amines) is 1. The van der Waals surface area contributed by atoms with Crippen LogP contribution in [0.2, 0.25) is 0 Å². The van der Waals surface area contributed by atoms with Crippen molar-refractivity contribution in [2.75, 3.05) is 13.1 Å². The number of hydrogen-bond acceptors (Lipinski definition) is 3. The number of aromatic nitrogens is 2. The van der Waals surface area contributed by atoms with Gasteiger partial charge in [-0.05, 0) is 24.3 Å². The quantitative estimate of drug-likeness (QED) is 0.736. The van der Waals surface area contributed by atoms with Gasteiger partial charge in [0.15, 0.2) is 11.6 Å². The number of benzene rings is 1. The van der Waals surface area contributed by atoms with Gasteiger partial charge < -0.3 is 14.0 Å². The lowest BCUT2D eigenvalue weighted by Gasteiger charge is -2.32. The van der Waals surface area contributed by atoms with Crippen molar-refractivity contribution in [1.29, 1.82) is 0 Å². The number of para-hydroxylation sites is 1. The molecule has 0 unspecified atom stereocenters. The third-order valence-corrected chi connectivity index (χ3v) is 4.50. The van der Waals surface area contributed by atoms with Crippen LogP contribution in [-0.2, 0) is 0 Å². The molecule has 5 nitrogen and oxygen atoms in total. The van der Waals surface area contributed by atoms with E-state index in [1.807, 2.05) is 21.6 Å². The summed E-state index contributed by atoms with van der Waals surface area (Å²) in [6.07, 6.45) is 6.63. The van der Waals surface area contributed by atoms with Crippen molar-refractivity contribution in [3.05, 3.63) is 66.4 Å². The summed E-state index contributed by atoms with van der Waals surface area (Å²) in [5.74, 6) is -0.0765. The molecule has 0 aliphatic carbocycles. The van der Waals surface area contributed by atoms with E-state index in [-0.39, 0.29) is 23.6 Å². The maximum atomic E-state index is 13.7. The van der Waals surface area contributed by atoms with E-state index in [0.717, 1.165) is 5.65 Å². The van der Waals surface area contributed by atoms with Gasteiger partial charge in [-0.15, -0.1) is 0 Å². The molecule has 128 valence electrons. The molecule has 3 heterocycles. The smallest absolute Gasteiger partial charge is 0.255 e. The molecular formula is C19H18FN3O2. The Morgan fingerprint density at radius 3 is 2.76 bits per heavy atom. The van der Waals surface area contributed by atoms with E-state index in [0.29, 0.717) is 31.5 Å². The van der Waals surface area contributed by atoms with Gasteiger partial charge in [0.1, 0.15) is 11.8 Å². The lowest BCUT2D eigenvalue weighted by atomic mass is 10.1. The number of hydrogen-bond donors (Lipinski definition) is 0. The van der Waals surface area contributed by atoms with Crippen molar-refractivity contribution < 1.29 is 13.9 Å². The van der Waals surface area contributed by atoms with E-state index >= 15 is 0 Å². The van der Waals surface area contributed by atoms with Crippen LogP contribution in [0.1, 0.15) is 23.2 Å². The summed E-state index contributed by atoms with van der Waals surface area (Å²) in [5, 5.41) is 0. The first-order chi connectivity index (χ1) is 12.2. The van der Waals surface area contributed by atoms with Crippen LogP contribution in [0.15, 0.2) is 55.0 Å². The number of nitrogens with zero attached hydrogens (tertiary/aromatic N) is 3. The minimum atomic E-state index is -0.352. The molecule has 1 aliphatic rings. The number of piperidine rings is 1. The third-order valence-electron chi connectivity index (χ3n) is 4.50. The number of pyridine rings is 1. The number of imidazole rings is 1. The highest BCUT2D eigenvalue weighted by molar-refractivity contribution is 5.94. The van der Waals surface area contributed by atoms with Gasteiger partial charge in [-0.1, -0.05) is 12.1 Å². The van der Waals surface area contributed by atoms with E-state index in [1.165, 1.54) is 6.07 Å². The highest BCUT2D eigenvalue weighted by Crippen LogP contribution is 2.22. The first-order valence-electron chi connectivity index (χ1n) is 8.34. The summed E-state index contributed by atoms with van der Waals surface area (Å²) in [4.78, 5) is 18.7. The Morgan fingerprint density at radius 1 is 1.16 bits per heavy atom. The number of amides is 1. The number of carbonyl (C=O) groups is 1. The molecule has 4 rings (SSSR count). The fraction of sp³-hybridized carbons (Fsp3) is 0.263. The van der Waals surface area contributed by atoms with Gasteiger partial charge in [0.25, 0.3) is 5.91 Å². The van der Waals surface area contributed by atoms with Crippen LogP contribution in [0.4, 0.5) is 4.39 Å². The predicted molar refractivity (Wildman–Crippen MR) is 91.1 cm³/mol. The third kappa shape index (κ3) is 3.20. The number of ether oxygens (including phenoxy) is 1. The molecule has 1 fully saturated rings.